The molecule has 0 aliphatic carbocycles. The highest BCUT2D eigenvalue weighted by Gasteiger charge is 2.13. The number of hydrogen-bond donors (Lipinski definition) is 0. The van der Waals surface area contributed by atoms with Crippen LogP contribution in [0.1, 0.15) is 64.2 Å². The summed E-state index contributed by atoms with van der Waals surface area (Å²) < 4.78 is 11.2. The predicted molar refractivity (Wildman–Crippen MR) is 77.1 cm³/mol. The third-order valence-corrected chi connectivity index (χ3v) is 3.42. The van der Waals surface area contributed by atoms with Crippen molar-refractivity contribution in [2.75, 3.05) is 13.2 Å². The molecule has 1 rings (SSSR count). The zero-order valence-corrected chi connectivity index (χ0v) is 12.0. The minimum atomic E-state index is 0.0679. The normalized spacial score (nSPS) is 19.9. The lowest BCUT2D eigenvalue weighted by Crippen LogP contribution is -2.22. The summed E-state index contributed by atoms with van der Waals surface area (Å²) in [4.78, 5) is 10.0. The van der Waals surface area contributed by atoms with Crippen LogP contribution in [0, 0.1) is 0 Å². The molecule has 0 bridgehead atoms. The van der Waals surface area contributed by atoms with Crippen molar-refractivity contribution in [1.29, 1.82) is 0 Å². The summed E-state index contributed by atoms with van der Waals surface area (Å²) in [6.45, 7) is 1.70. The van der Waals surface area contributed by atoms with Crippen LogP contribution in [-0.4, -0.2) is 25.8 Å². The quantitative estimate of drug-likeness (QED) is 0.322. The van der Waals surface area contributed by atoms with E-state index >= 15 is 0 Å². The van der Waals surface area contributed by atoms with Crippen LogP contribution in [0.2, 0.25) is 0 Å². The molecule has 3 heteroatoms. The Bertz CT molecular complexity index is 232. The number of rotatable bonds is 11. The highest BCUT2D eigenvalue weighted by Crippen LogP contribution is 2.14. The lowest BCUT2D eigenvalue weighted by Gasteiger charge is -2.22. The zero-order valence-electron chi connectivity index (χ0n) is 12.0. The van der Waals surface area contributed by atoms with Gasteiger partial charge >= 0.3 is 0 Å². The molecule has 1 aliphatic rings. The number of hydrogen-bond acceptors (Lipinski definition) is 3. The van der Waals surface area contributed by atoms with Crippen molar-refractivity contribution >= 4 is 6.29 Å². The molecule has 0 aromatic rings. The Morgan fingerprint density at radius 3 is 2.58 bits per heavy atom. The smallest absolute Gasteiger partial charge is 0.157 e. The number of carbonyl (C=O) groups is 1. The molecular formula is C16H28O3. The maximum Gasteiger partial charge on any atom is 0.157 e. The van der Waals surface area contributed by atoms with Gasteiger partial charge in [0.1, 0.15) is 6.29 Å². The van der Waals surface area contributed by atoms with Gasteiger partial charge in [-0.25, -0.2) is 0 Å². The summed E-state index contributed by atoms with van der Waals surface area (Å²) in [6.07, 6.45) is 16.4. The molecule has 0 N–H and O–H groups in total. The van der Waals surface area contributed by atoms with E-state index in [1.54, 1.807) is 6.08 Å². The largest absolute Gasteiger partial charge is 0.353 e. The minimum absolute atomic E-state index is 0.0679. The highest BCUT2D eigenvalue weighted by molar-refractivity contribution is 5.64. The molecule has 0 aromatic heterocycles. The van der Waals surface area contributed by atoms with Gasteiger partial charge in [0.15, 0.2) is 6.29 Å². The molecule has 0 aromatic carbocycles. The topological polar surface area (TPSA) is 35.5 Å². The van der Waals surface area contributed by atoms with Gasteiger partial charge in [-0.2, -0.15) is 0 Å². The average molecular weight is 268 g/mol. The molecule has 1 saturated heterocycles. The van der Waals surface area contributed by atoms with Crippen molar-refractivity contribution in [1.82, 2.24) is 0 Å². The molecule has 0 spiro atoms. The van der Waals surface area contributed by atoms with E-state index in [4.69, 9.17) is 9.47 Å². The standard InChI is InChI=1S/C16H28O3/c17-13-9-6-4-2-1-3-5-7-10-14-18-16-12-8-11-15-19-16/h6,9,13,16H,1-5,7-8,10-12,14-15H2/b9-6+. The van der Waals surface area contributed by atoms with Crippen molar-refractivity contribution in [3.8, 4) is 0 Å². The van der Waals surface area contributed by atoms with Crippen molar-refractivity contribution in [2.24, 2.45) is 0 Å². The van der Waals surface area contributed by atoms with E-state index in [0.717, 1.165) is 38.8 Å². The highest BCUT2D eigenvalue weighted by atomic mass is 16.7. The van der Waals surface area contributed by atoms with E-state index in [1.165, 1.54) is 44.9 Å². The van der Waals surface area contributed by atoms with Gasteiger partial charge in [0.25, 0.3) is 0 Å². The van der Waals surface area contributed by atoms with Gasteiger partial charge in [0, 0.05) is 13.2 Å². The molecule has 1 heterocycles. The van der Waals surface area contributed by atoms with E-state index in [9.17, 15) is 4.79 Å². The number of unbranched alkanes of at least 4 members (excludes halogenated alkanes) is 6. The van der Waals surface area contributed by atoms with Crippen LogP contribution < -0.4 is 0 Å². The van der Waals surface area contributed by atoms with Crippen LogP contribution in [0.3, 0.4) is 0 Å². The molecule has 110 valence electrons. The van der Waals surface area contributed by atoms with Gasteiger partial charge in [0.05, 0.1) is 0 Å². The van der Waals surface area contributed by atoms with Crippen LogP contribution in [-0.2, 0) is 14.3 Å². The minimum Gasteiger partial charge on any atom is -0.353 e. The second-order valence-corrected chi connectivity index (χ2v) is 5.14. The molecule has 0 amide bonds. The summed E-state index contributed by atoms with van der Waals surface area (Å²) >= 11 is 0. The summed E-state index contributed by atoms with van der Waals surface area (Å²) in [5, 5.41) is 0. The van der Waals surface area contributed by atoms with Crippen LogP contribution in [0.5, 0.6) is 0 Å². The van der Waals surface area contributed by atoms with Crippen molar-refractivity contribution < 1.29 is 14.3 Å². The monoisotopic (exact) mass is 268 g/mol. The Morgan fingerprint density at radius 1 is 1.05 bits per heavy atom. The first-order chi connectivity index (χ1) is 9.43. The number of ether oxygens (including phenoxy) is 2. The summed E-state index contributed by atoms with van der Waals surface area (Å²) in [7, 11) is 0. The van der Waals surface area contributed by atoms with Gasteiger partial charge in [0.2, 0.25) is 0 Å². The maximum absolute atomic E-state index is 10.0. The predicted octanol–water partition coefficient (Wildman–Crippen LogP) is 4.02. The SMILES string of the molecule is O=C/C=C/CCCCCCCCOC1CCCCO1. The van der Waals surface area contributed by atoms with E-state index in [-0.39, 0.29) is 6.29 Å². The average Bonchev–Trinajstić information content (AvgIpc) is 2.46. The second kappa shape index (κ2) is 12.4. The fraction of sp³-hybridized carbons (Fsp3) is 0.812. The molecule has 0 saturated carbocycles. The maximum atomic E-state index is 10.0. The Hall–Kier alpha value is -0.670. The summed E-state index contributed by atoms with van der Waals surface area (Å²) in [5.74, 6) is 0. The van der Waals surface area contributed by atoms with Gasteiger partial charge < -0.3 is 9.47 Å². The Balaban J connectivity index is 1.75. The summed E-state index contributed by atoms with van der Waals surface area (Å²) in [5.41, 5.74) is 0. The lowest BCUT2D eigenvalue weighted by atomic mass is 10.1. The molecule has 0 radical (unpaired) electrons. The van der Waals surface area contributed by atoms with E-state index in [1.807, 2.05) is 6.08 Å². The van der Waals surface area contributed by atoms with E-state index < -0.39 is 0 Å². The fourth-order valence-corrected chi connectivity index (χ4v) is 2.28. The Morgan fingerprint density at radius 2 is 1.84 bits per heavy atom. The van der Waals surface area contributed by atoms with Gasteiger partial charge in [-0.15, -0.1) is 0 Å². The second-order valence-electron chi connectivity index (χ2n) is 5.14. The molecule has 1 aliphatic heterocycles. The summed E-state index contributed by atoms with van der Waals surface area (Å²) in [6, 6.07) is 0. The Kier molecular flexibility index (Phi) is 10.7. The first-order valence-corrected chi connectivity index (χ1v) is 7.77. The van der Waals surface area contributed by atoms with Gasteiger partial charge in [-0.1, -0.05) is 31.8 Å². The van der Waals surface area contributed by atoms with Crippen molar-refractivity contribution in [2.45, 2.75) is 70.5 Å². The number of allylic oxidation sites excluding steroid dienone is 2. The zero-order chi connectivity index (χ0) is 13.6. The van der Waals surface area contributed by atoms with Crippen LogP contribution in [0.15, 0.2) is 12.2 Å². The first kappa shape index (κ1) is 16.4. The third kappa shape index (κ3) is 9.85. The van der Waals surface area contributed by atoms with E-state index in [2.05, 4.69) is 0 Å². The number of aldehydes is 1. The van der Waals surface area contributed by atoms with Gasteiger partial charge in [-0.3, -0.25) is 4.79 Å². The van der Waals surface area contributed by atoms with Crippen LogP contribution >= 0.6 is 0 Å². The van der Waals surface area contributed by atoms with E-state index in [0.29, 0.717) is 0 Å². The Labute approximate surface area is 117 Å². The number of carbonyl (C=O) groups excluding carboxylic acids is 1. The third-order valence-electron chi connectivity index (χ3n) is 3.42. The molecular weight excluding hydrogens is 240 g/mol. The fourth-order valence-electron chi connectivity index (χ4n) is 2.28. The van der Waals surface area contributed by atoms with Crippen molar-refractivity contribution in [3.63, 3.8) is 0 Å². The molecule has 1 atom stereocenters. The van der Waals surface area contributed by atoms with Crippen LogP contribution in [0.25, 0.3) is 0 Å². The first-order valence-electron chi connectivity index (χ1n) is 7.77. The van der Waals surface area contributed by atoms with Gasteiger partial charge in [-0.05, 0) is 44.6 Å². The van der Waals surface area contributed by atoms with Crippen molar-refractivity contribution in [3.05, 3.63) is 12.2 Å². The van der Waals surface area contributed by atoms with Crippen LogP contribution in [0.4, 0.5) is 0 Å². The molecule has 3 nitrogen and oxygen atoms in total. The molecule has 1 fully saturated rings. The molecule has 1 unspecified atom stereocenters. The molecule has 19 heavy (non-hydrogen) atoms. The lowest BCUT2D eigenvalue weighted by molar-refractivity contribution is -0.162.